The number of carbonyl (C=O) groups excluding carboxylic acids is 1. The fraction of sp³-hybridized carbons (Fsp3) is 0.375. The first-order chi connectivity index (χ1) is 6.29. The van der Waals surface area contributed by atoms with Crippen molar-refractivity contribution >= 4 is 17.9 Å². The number of thioether (sulfide) groups is 1. The molecule has 1 rings (SSSR count). The van der Waals surface area contributed by atoms with Crippen LogP contribution in [0.25, 0.3) is 0 Å². The summed E-state index contributed by atoms with van der Waals surface area (Å²) in [5.41, 5.74) is 4.78. The molecule has 2 N–H and O–H groups in total. The molecule has 0 aromatic carbocycles. The van der Waals surface area contributed by atoms with Crippen molar-refractivity contribution in [3.63, 3.8) is 0 Å². The van der Waals surface area contributed by atoms with E-state index in [1.807, 2.05) is 12.1 Å². The highest BCUT2D eigenvalue weighted by Gasteiger charge is 1.97. The van der Waals surface area contributed by atoms with Crippen LogP contribution < -0.4 is 5.73 Å². The molecule has 0 unspecified atom stereocenters. The van der Waals surface area contributed by atoms with Gasteiger partial charge in [-0.1, -0.05) is 0 Å². The number of hydrogen-bond acceptors (Lipinski definition) is 4. The zero-order valence-corrected chi connectivity index (χ0v) is 7.88. The molecular weight excluding hydrogens is 190 g/mol. The first-order valence-corrected chi connectivity index (χ1v) is 4.97. The molecular formula is C8H11NO3S. The minimum atomic E-state index is -0.724. The maximum Gasteiger partial charge on any atom is 0.404 e. The van der Waals surface area contributed by atoms with Gasteiger partial charge in [0.25, 0.3) is 0 Å². The Morgan fingerprint density at radius 3 is 3.15 bits per heavy atom. The van der Waals surface area contributed by atoms with E-state index in [0.717, 1.165) is 17.3 Å². The normalized spacial score (nSPS) is 9.85. The van der Waals surface area contributed by atoms with Gasteiger partial charge in [0.2, 0.25) is 0 Å². The number of hydrogen-bond donors (Lipinski definition) is 1. The molecule has 0 atom stereocenters. The minimum Gasteiger partial charge on any atom is -0.468 e. The van der Waals surface area contributed by atoms with E-state index in [4.69, 9.17) is 10.2 Å². The maximum absolute atomic E-state index is 10.2. The van der Waals surface area contributed by atoms with Crippen molar-refractivity contribution in [2.75, 3.05) is 12.4 Å². The van der Waals surface area contributed by atoms with Crippen LogP contribution in [0.3, 0.4) is 0 Å². The van der Waals surface area contributed by atoms with Crippen molar-refractivity contribution in [2.45, 2.75) is 5.75 Å². The highest BCUT2D eigenvalue weighted by atomic mass is 32.2. The summed E-state index contributed by atoms with van der Waals surface area (Å²) in [5.74, 6) is 2.43. The molecule has 0 aliphatic rings. The third kappa shape index (κ3) is 4.47. The molecule has 0 spiro atoms. The largest absolute Gasteiger partial charge is 0.468 e. The molecule has 5 heteroatoms. The third-order valence-corrected chi connectivity index (χ3v) is 2.24. The van der Waals surface area contributed by atoms with Crippen LogP contribution in [0.1, 0.15) is 5.76 Å². The topological polar surface area (TPSA) is 65.5 Å². The number of rotatable bonds is 5. The molecule has 72 valence electrons. The lowest BCUT2D eigenvalue weighted by molar-refractivity contribution is 0.164. The van der Waals surface area contributed by atoms with Gasteiger partial charge in [0, 0.05) is 5.75 Å². The molecule has 0 fully saturated rings. The Bertz CT molecular complexity index is 248. The number of carbonyl (C=O) groups is 1. The van der Waals surface area contributed by atoms with Crippen LogP contribution in [-0.2, 0) is 10.5 Å². The summed E-state index contributed by atoms with van der Waals surface area (Å²) in [7, 11) is 0. The van der Waals surface area contributed by atoms with E-state index in [2.05, 4.69) is 4.74 Å². The predicted molar refractivity (Wildman–Crippen MR) is 50.4 cm³/mol. The molecule has 0 saturated carbocycles. The lowest BCUT2D eigenvalue weighted by Gasteiger charge is -1.99. The van der Waals surface area contributed by atoms with Crippen LogP contribution in [0.5, 0.6) is 0 Å². The maximum atomic E-state index is 10.2. The summed E-state index contributed by atoms with van der Waals surface area (Å²) in [6.07, 6.45) is 0.911. The average Bonchev–Trinajstić information content (AvgIpc) is 2.55. The van der Waals surface area contributed by atoms with E-state index in [9.17, 15) is 4.79 Å². The van der Waals surface area contributed by atoms with Crippen LogP contribution in [0.2, 0.25) is 0 Å². The highest BCUT2D eigenvalue weighted by molar-refractivity contribution is 7.98. The Kier molecular flexibility index (Phi) is 4.25. The Labute approximate surface area is 80.4 Å². The van der Waals surface area contributed by atoms with Crippen molar-refractivity contribution in [3.05, 3.63) is 24.2 Å². The lowest BCUT2D eigenvalue weighted by atomic mass is 10.5. The number of primary amides is 1. The zero-order valence-electron chi connectivity index (χ0n) is 7.06. The van der Waals surface area contributed by atoms with Crippen molar-refractivity contribution in [1.29, 1.82) is 0 Å². The first kappa shape index (κ1) is 9.98. The van der Waals surface area contributed by atoms with Gasteiger partial charge in [0.1, 0.15) is 12.4 Å². The van der Waals surface area contributed by atoms with Gasteiger partial charge in [-0.25, -0.2) is 4.79 Å². The highest BCUT2D eigenvalue weighted by Crippen LogP contribution is 2.11. The van der Waals surface area contributed by atoms with Crippen molar-refractivity contribution < 1.29 is 13.9 Å². The summed E-state index contributed by atoms with van der Waals surface area (Å²) in [5, 5.41) is 0. The Morgan fingerprint density at radius 2 is 2.54 bits per heavy atom. The van der Waals surface area contributed by atoms with Crippen molar-refractivity contribution in [1.82, 2.24) is 0 Å². The molecule has 0 bridgehead atoms. The SMILES string of the molecule is NC(=O)OCCSCc1ccco1. The summed E-state index contributed by atoms with van der Waals surface area (Å²) in [6.45, 7) is 0.348. The summed E-state index contributed by atoms with van der Waals surface area (Å²) in [6, 6.07) is 3.75. The molecule has 1 aromatic heterocycles. The number of furan rings is 1. The zero-order chi connectivity index (χ0) is 9.52. The van der Waals surface area contributed by atoms with Gasteiger partial charge in [0.05, 0.1) is 12.0 Å². The minimum absolute atomic E-state index is 0.348. The number of nitrogens with two attached hydrogens (primary N) is 1. The van der Waals surface area contributed by atoms with Gasteiger partial charge in [-0.05, 0) is 12.1 Å². The second-order valence-corrected chi connectivity index (χ2v) is 3.40. The van der Waals surface area contributed by atoms with Gasteiger partial charge in [-0.15, -0.1) is 0 Å². The van der Waals surface area contributed by atoms with E-state index >= 15 is 0 Å². The standard InChI is InChI=1S/C8H11NO3S/c9-8(10)12-4-5-13-6-7-2-1-3-11-7/h1-3H,4-6H2,(H2,9,10). The van der Waals surface area contributed by atoms with Gasteiger partial charge >= 0.3 is 6.09 Å². The molecule has 0 radical (unpaired) electrons. The molecule has 13 heavy (non-hydrogen) atoms. The molecule has 1 aromatic rings. The Hall–Kier alpha value is -1.10. The molecule has 0 aliphatic carbocycles. The van der Waals surface area contributed by atoms with Gasteiger partial charge in [-0.2, -0.15) is 11.8 Å². The van der Waals surface area contributed by atoms with Crippen LogP contribution in [0.15, 0.2) is 22.8 Å². The van der Waals surface area contributed by atoms with E-state index < -0.39 is 6.09 Å². The predicted octanol–water partition coefficient (Wildman–Crippen LogP) is 1.61. The van der Waals surface area contributed by atoms with Gasteiger partial charge < -0.3 is 14.9 Å². The smallest absolute Gasteiger partial charge is 0.404 e. The summed E-state index contributed by atoms with van der Waals surface area (Å²) < 4.78 is 9.66. The fourth-order valence-corrected chi connectivity index (χ4v) is 1.48. The van der Waals surface area contributed by atoms with Crippen LogP contribution in [0, 0.1) is 0 Å². The second-order valence-electron chi connectivity index (χ2n) is 2.30. The molecule has 0 aliphatic heterocycles. The van der Waals surface area contributed by atoms with Crippen molar-refractivity contribution in [3.8, 4) is 0 Å². The Morgan fingerprint density at radius 1 is 1.69 bits per heavy atom. The molecule has 1 heterocycles. The monoisotopic (exact) mass is 201 g/mol. The summed E-state index contributed by atoms with van der Waals surface area (Å²) >= 11 is 1.63. The fourth-order valence-electron chi connectivity index (χ4n) is 0.769. The van der Waals surface area contributed by atoms with Gasteiger partial charge in [0.15, 0.2) is 0 Å². The number of amides is 1. The van der Waals surface area contributed by atoms with E-state index in [1.165, 1.54) is 0 Å². The van der Waals surface area contributed by atoms with Gasteiger partial charge in [-0.3, -0.25) is 0 Å². The first-order valence-electron chi connectivity index (χ1n) is 3.81. The van der Waals surface area contributed by atoms with Crippen LogP contribution >= 0.6 is 11.8 Å². The van der Waals surface area contributed by atoms with E-state index in [0.29, 0.717) is 6.61 Å². The van der Waals surface area contributed by atoms with Crippen LogP contribution in [-0.4, -0.2) is 18.5 Å². The quantitative estimate of drug-likeness (QED) is 0.735. The lowest BCUT2D eigenvalue weighted by Crippen LogP contribution is -2.14. The average molecular weight is 201 g/mol. The molecule has 0 saturated heterocycles. The van der Waals surface area contributed by atoms with Crippen LogP contribution in [0.4, 0.5) is 4.79 Å². The van der Waals surface area contributed by atoms with Crippen molar-refractivity contribution in [2.24, 2.45) is 5.73 Å². The molecule has 1 amide bonds. The van der Waals surface area contributed by atoms with E-state index in [1.54, 1.807) is 18.0 Å². The second kappa shape index (κ2) is 5.53. The Balaban J connectivity index is 1.99. The number of ether oxygens (including phenoxy) is 1. The molecule has 4 nitrogen and oxygen atoms in total. The van der Waals surface area contributed by atoms with E-state index in [-0.39, 0.29) is 0 Å². The third-order valence-electron chi connectivity index (χ3n) is 1.30. The summed E-state index contributed by atoms with van der Waals surface area (Å²) in [4.78, 5) is 10.2.